The molecule has 0 aliphatic heterocycles. The molecule has 16 heavy (non-hydrogen) atoms. The first kappa shape index (κ1) is 13.6. The SMILES string of the molecule is CC(N)(Cc1cc(F)c(Cl)cc1Cl)C(F)F. The van der Waals surface area contributed by atoms with E-state index in [9.17, 15) is 13.2 Å². The highest BCUT2D eigenvalue weighted by Crippen LogP contribution is 2.28. The molecule has 1 aromatic carbocycles. The Labute approximate surface area is 101 Å². The average Bonchev–Trinajstić information content (AvgIpc) is 2.13. The number of benzene rings is 1. The van der Waals surface area contributed by atoms with Crippen molar-refractivity contribution < 1.29 is 13.2 Å². The number of nitrogens with two attached hydrogens (primary N) is 1. The lowest BCUT2D eigenvalue weighted by Gasteiger charge is -2.24. The summed E-state index contributed by atoms with van der Waals surface area (Å²) < 4.78 is 38.2. The Morgan fingerprint density at radius 2 is 1.88 bits per heavy atom. The lowest BCUT2D eigenvalue weighted by Crippen LogP contribution is -2.45. The van der Waals surface area contributed by atoms with E-state index in [1.165, 1.54) is 13.0 Å². The van der Waals surface area contributed by atoms with Crippen LogP contribution < -0.4 is 5.73 Å². The number of rotatable bonds is 3. The van der Waals surface area contributed by atoms with Crippen LogP contribution in [-0.4, -0.2) is 12.0 Å². The first-order valence-corrected chi connectivity index (χ1v) is 5.20. The fourth-order valence-electron chi connectivity index (χ4n) is 1.19. The molecule has 0 heterocycles. The molecule has 0 saturated heterocycles. The summed E-state index contributed by atoms with van der Waals surface area (Å²) in [6, 6.07) is 2.20. The van der Waals surface area contributed by atoms with Gasteiger partial charge in [-0.15, -0.1) is 0 Å². The predicted molar refractivity (Wildman–Crippen MR) is 58.7 cm³/mol. The average molecular weight is 272 g/mol. The van der Waals surface area contributed by atoms with E-state index in [2.05, 4.69) is 0 Å². The van der Waals surface area contributed by atoms with Crippen LogP contribution in [0.1, 0.15) is 12.5 Å². The first-order valence-electron chi connectivity index (χ1n) is 4.44. The summed E-state index contributed by atoms with van der Waals surface area (Å²) in [5.74, 6) is -0.703. The van der Waals surface area contributed by atoms with Crippen molar-refractivity contribution in [2.45, 2.75) is 25.3 Å². The molecule has 0 saturated carbocycles. The van der Waals surface area contributed by atoms with E-state index in [-0.39, 0.29) is 22.0 Å². The van der Waals surface area contributed by atoms with Gasteiger partial charge in [0.05, 0.1) is 10.6 Å². The molecule has 0 aromatic heterocycles. The molecule has 90 valence electrons. The Morgan fingerprint density at radius 1 is 1.31 bits per heavy atom. The molecule has 2 N–H and O–H groups in total. The number of halogens is 5. The van der Waals surface area contributed by atoms with Gasteiger partial charge in [-0.05, 0) is 31.0 Å². The summed E-state index contributed by atoms with van der Waals surface area (Å²) in [6.07, 6.45) is -2.94. The Bertz CT molecular complexity index is 394. The summed E-state index contributed by atoms with van der Waals surface area (Å²) in [4.78, 5) is 0. The fourth-order valence-corrected chi connectivity index (χ4v) is 1.64. The van der Waals surface area contributed by atoms with Gasteiger partial charge in [0.2, 0.25) is 0 Å². The van der Waals surface area contributed by atoms with E-state index < -0.39 is 17.8 Å². The second-order valence-corrected chi connectivity index (χ2v) is 4.66. The maximum Gasteiger partial charge on any atom is 0.256 e. The van der Waals surface area contributed by atoms with Crippen molar-refractivity contribution in [3.63, 3.8) is 0 Å². The van der Waals surface area contributed by atoms with Gasteiger partial charge in [-0.1, -0.05) is 23.2 Å². The second kappa shape index (κ2) is 4.82. The molecule has 1 rings (SSSR count). The highest BCUT2D eigenvalue weighted by molar-refractivity contribution is 6.35. The van der Waals surface area contributed by atoms with Gasteiger partial charge in [-0.2, -0.15) is 0 Å². The third kappa shape index (κ3) is 3.03. The van der Waals surface area contributed by atoms with Crippen LogP contribution in [0.15, 0.2) is 12.1 Å². The Kier molecular flexibility index (Phi) is 4.10. The first-order chi connectivity index (χ1) is 7.24. The predicted octanol–water partition coefficient (Wildman–Crippen LogP) is 3.66. The quantitative estimate of drug-likeness (QED) is 0.835. The maximum absolute atomic E-state index is 13.1. The molecule has 1 nitrogen and oxygen atoms in total. The molecule has 0 aliphatic rings. The van der Waals surface area contributed by atoms with Crippen molar-refractivity contribution in [3.05, 3.63) is 33.6 Å². The minimum atomic E-state index is -2.72. The third-order valence-corrected chi connectivity index (χ3v) is 2.80. The van der Waals surface area contributed by atoms with Gasteiger partial charge in [-0.3, -0.25) is 0 Å². The topological polar surface area (TPSA) is 26.0 Å². The van der Waals surface area contributed by atoms with Crippen LogP contribution in [-0.2, 0) is 6.42 Å². The van der Waals surface area contributed by atoms with E-state index in [0.29, 0.717) is 0 Å². The highest BCUT2D eigenvalue weighted by Gasteiger charge is 2.31. The zero-order valence-electron chi connectivity index (χ0n) is 8.41. The van der Waals surface area contributed by atoms with Crippen LogP contribution in [0.3, 0.4) is 0 Å². The standard InChI is InChI=1S/C10H10Cl2F3N/c1-10(16,9(14)15)4-5-2-8(13)7(12)3-6(5)11/h2-3,9H,4,16H2,1H3. The summed E-state index contributed by atoms with van der Waals surface area (Å²) in [5, 5.41) is -0.0201. The van der Waals surface area contributed by atoms with E-state index in [1.807, 2.05) is 0 Å². The van der Waals surface area contributed by atoms with Crippen molar-refractivity contribution in [2.24, 2.45) is 5.73 Å². The molecule has 1 aromatic rings. The third-order valence-electron chi connectivity index (χ3n) is 2.16. The van der Waals surface area contributed by atoms with Gasteiger partial charge in [0.15, 0.2) is 0 Å². The maximum atomic E-state index is 13.1. The molecule has 0 amide bonds. The van der Waals surface area contributed by atoms with E-state index in [0.717, 1.165) is 6.07 Å². The Hall–Kier alpha value is -0.450. The number of hydrogen-bond acceptors (Lipinski definition) is 1. The molecular formula is C10H10Cl2F3N. The van der Waals surface area contributed by atoms with Gasteiger partial charge in [0.25, 0.3) is 6.43 Å². The molecule has 1 unspecified atom stereocenters. The van der Waals surface area contributed by atoms with Crippen molar-refractivity contribution >= 4 is 23.2 Å². The summed E-state index contributed by atoms with van der Waals surface area (Å²) in [5.41, 5.74) is 3.85. The molecule has 1 atom stereocenters. The summed E-state index contributed by atoms with van der Waals surface area (Å²) >= 11 is 11.2. The van der Waals surface area contributed by atoms with Crippen molar-refractivity contribution in [1.82, 2.24) is 0 Å². The molecule has 0 bridgehead atoms. The highest BCUT2D eigenvalue weighted by atomic mass is 35.5. The number of hydrogen-bond donors (Lipinski definition) is 1. The molecular weight excluding hydrogens is 262 g/mol. The van der Waals surface area contributed by atoms with E-state index in [4.69, 9.17) is 28.9 Å². The van der Waals surface area contributed by atoms with Crippen LogP contribution >= 0.6 is 23.2 Å². The molecule has 0 aliphatic carbocycles. The van der Waals surface area contributed by atoms with Crippen LogP contribution in [0.4, 0.5) is 13.2 Å². The minimum Gasteiger partial charge on any atom is -0.320 e. The normalized spacial score (nSPS) is 15.2. The lowest BCUT2D eigenvalue weighted by atomic mass is 9.94. The van der Waals surface area contributed by atoms with Crippen LogP contribution in [0.25, 0.3) is 0 Å². The summed E-state index contributed by atoms with van der Waals surface area (Å²) in [7, 11) is 0. The minimum absolute atomic E-state index is 0.128. The summed E-state index contributed by atoms with van der Waals surface area (Å²) in [6.45, 7) is 1.18. The molecule has 0 radical (unpaired) electrons. The van der Waals surface area contributed by atoms with Gasteiger partial charge in [-0.25, -0.2) is 13.2 Å². The van der Waals surface area contributed by atoms with Crippen LogP contribution in [0, 0.1) is 5.82 Å². The largest absolute Gasteiger partial charge is 0.320 e. The molecule has 0 spiro atoms. The van der Waals surface area contributed by atoms with Crippen molar-refractivity contribution in [3.8, 4) is 0 Å². The second-order valence-electron chi connectivity index (χ2n) is 3.84. The Morgan fingerprint density at radius 3 is 2.38 bits per heavy atom. The monoisotopic (exact) mass is 271 g/mol. The molecule has 0 fully saturated rings. The van der Waals surface area contributed by atoms with Gasteiger partial charge < -0.3 is 5.73 Å². The van der Waals surface area contributed by atoms with Crippen molar-refractivity contribution in [1.29, 1.82) is 0 Å². The van der Waals surface area contributed by atoms with E-state index in [1.54, 1.807) is 0 Å². The zero-order chi connectivity index (χ0) is 12.5. The van der Waals surface area contributed by atoms with Gasteiger partial charge in [0.1, 0.15) is 5.82 Å². The van der Waals surface area contributed by atoms with E-state index >= 15 is 0 Å². The number of alkyl halides is 2. The smallest absolute Gasteiger partial charge is 0.256 e. The van der Waals surface area contributed by atoms with Crippen LogP contribution in [0.5, 0.6) is 0 Å². The lowest BCUT2D eigenvalue weighted by molar-refractivity contribution is 0.0639. The zero-order valence-corrected chi connectivity index (χ0v) is 9.92. The fraction of sp³-hybridized carbons (Fsp3) is 0.400. The van der Waals surface area contributed by atoms with Crippen LogP contribution in [0.2, 0.25) is 10.0 Å². The Balaban J connectivity index is 3.02. The molecule has 6 heteroatoms. The van der Waals surface area contributed by atoms with Gasteiger partial charge >= 0.3 is 0 Å². The van der Waals surface area contributed by atoms with Gasteiger partial charge in [0, 0.05) is 5.02 Å². The van der Waals surface area contributed by atoms with Crippen molar-refractivity contribution in [2.75, 3.05) is 0 Å².